The number of nitrogens with zero attached hydrogens (tertiary/aromatic N) is 2. The fourth-order valence-electron chi connectivity index (χ4n) is 2.09. The lowest BCUT2D eigenvalue weighted by Crippen LogP contribution is -2.37. The molecule has 0 unspecified atom stereocenters. The Bertz CT molecular complexity index is 415. The van der Waals surface area contributed by atoms with Crippen molar-refractivity contribution in [3.05, 3.63) is 23.8 Å². The number of hydrogen-bond donors (Lipinski definition) is 1. The summed E-state index contributed by atoms with van der Waals surface area (Å²) in [6, 6.07) is 5.82. The Balaban J connectivity index is 2.26. The van der Waals surface area contributed by atoms with Crippen LogP contribution in [0.3, 0.4) is 0 Å². The molecule has 2 N–H and O–H groups in total. The van der Waals surface area contributed by atoms with Crippen LogP contribution in [0, 0.1) is 0 Å². The SMILES string of the molecule is CN(C)CC(=O)N1CCc2cccc(N)c21. The van der Waals surface area contributed by atoms with Crippen molar-refractivity contribution in [1.82, 2.24) is 4.90 Å². The first-order valence-electron chi connectivity index (χ1n) is 5.42. The highest BCUT2D eigenvalue weighted by Crippen LogP contribution is 2.33. The van der Waals surface area contributed by atoms with E-state index in [1.165, 1.54) is 5.56 Å². The minimum Gasteiger partial charge on any atom is -0.397 e. The number of benzene rings is 1. The number of likely N-dealkylation sites (N-methyl/N-ethyl adjacent to an activating group) is 1. The second-order valence-corrected chi connectivity index (χ2v) is 4.39. The lowest BCUT2D eigenvalue weighted by Gasteiger charge is -2.20. The number of nitrogens with two attached hydrogens (primary N) is 1. The van der Waals surface area contributed by atoms with Gasteiger partial charge in [0, 0.05) is 6.54 Å². The summed E-state index contributed by atoms with van der Waals surface area (Å²) in [4.78, 5) is 15.7. The molecule has 1 aliphatic rings. The van der Waals surface area contributed by atoms with Crippen molar-refractivity contribution < 1.29 is 4.79 Å². The normalized spacial score (nSPS) is 14.3. The van der Waals surface area contributed by atoms with Crippen LogP contribution in [0.15, 0.2) is 18.2 Å². The first-order chi connectivity index (χ1) is 7.59. The Morgan fingerprint density at radius 2 is 2.25 bits per heavy atom. The zero-order valence-corrected chi connectivity index (χ0v) is 9.73. The van der Waals surface area contributed by atoms with Gasteiger partial charge in [0.05, 0.1) is 17.9 Å². The Morgan fingerprint density at radius 1 is 1.50 bits per heavy atom. The molecular formula is C12H17N3O. The number of anilines is 2. The molecule has 4 nitrogen and oxygen atoms in total. The van der Waals surface area contributed by atoms with Gasteiger partial charge in [0.15, 0.2) is 0 Å². The minimum atomic E-state index is 0.113. The quantitative estimate of drug-likeness (QED) is 0.746. The zero-order valence-electron chi connectivity index (χ0n) is 9.73. The average molecular weight is 219 g/mol. The number of carbonyl (C=O) groups excluding carboxylic acids is 1. The molecule has 0 atom stereocenters. The van der Waals surface area contributed by atoms with E-state index in [9.17, 15) is 4.79 Å². The van der Waals surface area contributed by atoms with Crippen molar-refractivity contribution >= 4 is 17.3 Å². The van der Waals surface area contributed by atoms with Crippen molar-refractivity contribution in [3.8, 4) is 0 Å². The third-order valence-corrected chi connectivity index (χ3v) is 2.78. The van der Waals surface area contributed by atoms with E-state index in [2.05, 4.69) is 0 Å². The number of para-hydroxylation sites is 1. The molecule has 16 heavy (non-hydrogen) atoms. The summed E-state index contributed by atoms with van der Waals surface area (Å²) in [5.41, 5.74) is 8.70. The smallest absolute Gasteiger partial charge is 0.241 e. The Hall–Kier alpha value is -1.55. The molecule has 86 valence electrons. The molecule has 0 bridgehead atoms. The van der Waals surface area contributed by atoms with E-state index < -0.39 is 0 Å². The zero-order chi connectivity index (χ0) is 11.7. The van der Waals surface area contributed by atoms with Crippen LogP contribution in [0.2, 0.25) is 0 Å². The number of nitrogen functional groups attached to an aromatic ring is 1. The Kier molecular flexibility index (Phi) is 2.83. The maximum atomic E-state index is 12.0. The van der Waals surface area contributed by atoms with E-state index in [1.807, 2.05) is 37.2 Å². The van der Waals surface area contributed by atoms with Gasteiger partial charge in [0.1, 0.15) is 0 Å². The molecule has 0 aromatic heterocycles. The maximum absolute atomic E-state index is 12.0. The summed E-state index contributed by atoms with van der Waals surface area (Å²) in [6.45, 7) is 1.17. The molecule has 0 aliphatic carbocycles. The third-order valence-electron chi connectivity index (χ3n) is 2.78. The molecule has 0 radical (unpaired) electrons. The number of rotatable bonds is 2. The maximum Gasteiger partial charge on any atom is 0.241 e. The van der Waals surface area contributed by atoms with Gasteiger partial charge >= 0.3 is 0 Å². The monoisotopic (exact) mass is 219 g/mol. The second kappa shape index (κ2) is 4.14. The summed E-state index contributed by atoms with van der Waals surface area (Å²) < 4.78 is 0. The first kappa shape index (κ1) is 11.0. The van der Waals surface area contributed by atoms with E-state index in [0.717, 1.165) is 18.7 Å². The van der Waals surface area contributed by atoms with Gasteiger partial charge in [-0.15, -0.1) is 0 Å². The molecule has 1 heterocycles. The summed E-state index contributed by atoms with van der Waals surface area (Å²) >= 11 is 0. The lowest BCUT2D eigenvalue weighted by atomic mass is 10.1. The van der Waals surface area contributed by atoms with Gasteiger partial charge in [-0.3, -0.25) is 4.79 Å². The van der Waals surface area contributed by atoms with Crippen molar-refractivity contribution in [3.63, 3.8) is 0 Å². The van der Waals surface area contributed by atoms with Crippen molar-refractivity contribution in [2.75, 3.05) is 37.8 Å². The van der Waals surface area contributed by atoms with Gasteiger partial charge in [-0.25, -0.2) is 0 Å². The number of fused-ring (bicyclic) bond motifs is 1. The number of hydrogen-bond acceptors (Lipinski definition) is 3. The van der Waals surface area contributed by atoms with Gasteiger partial charge in [-0.1, -0.05) is 12.1 Å². The standard InChI is InChI=1S/C12H17N3O/c1-14(2)8-11(16)15-7-6-9-4-3-5-10(13)12(9)15/h3-5H,6-8,13H2,1-2H3. The highest BCUT2D eigenvalue weighted by molar-refractivity contribution is 5.99. The van der Waals surface area contributed by atoms with Crippen LogP contribution in [0.1, 0.15) is 5.56 Å². The summed E-state index contributed by atoms with van der Waals surface area (Å²) in [7, 11) is 3.78. The van der Waals surface area contributed by atoms with Crippen LogP contribution in [0.25, 0.3) is 0 Å². The van der Waals surface area contributed by atoms with Gasteiger partial charge in [-0.05, 0) is 32.1 Å². The topological polar surface area (TPSA) is 49.6 Å². The van der Waals surface area contributed by atoms with Gasteiger partial charge in [0.25, 0.3) is 0 Å². The fourth-order valence-corrected chi connectivity index (χ4v) is 2.09. The molecule has 4 heteroatoms. The van der Waals surface area contributed by atoms with E-state index in [4.69, 9.17) is 5.73 Å². The van der Waals surface area contributed by atoms with Crippen LogP contribution in [-0.4, -0.2) is 38.0 Å². The number of amides is 1. The second-order valence-electron chi connectivity index (χ2n) is 4.39. The molecule has 0 saturated carbocycles. The lowest BCUT2D eigenvalue weighted by molar-refractivity contribution is -0.119. The Morgan fingerprint density at radius 3 is 2.94 bits per heavy atom. The van der Waals surface area contributed by atoms with Crippen LogP contribution < -0.4 is 10.6 Å². The van der Waals surface area contributed by atoms with Gasteiger partial charge in [0.2, 0.25) is 5.91 Å². The van der Waals surface area contributed by atoms with E-state index >= 15 is 0 Å². The Labute approximate surface area is 95.6 Å². The third kappa shape index (κ3) is 1.88. The minimum absolute atomic E-state index is 0.113. The predicted molar refractivity (Wildman–Crippen MR) is 65.5 cm³/mol. The van der Waals surface area contributed by atoms with Crippen molar-refractivity contribution in [1.29, 1.82) is 0 Å². The fraction of sp³-hybridized carbons (Fsp3) is 0.417. The molecule has 0 saturated heterocycles. The molecule has 1 aromatic carbocycles. The summed E-state index contributed by atoms with van der Waals surface area (Å²) in [6.07, 6.45) is 0.902. The van der Waals surface area contributed by atoms with E-state index in [-0.39, 0.29) is 5.91 Å². The first-order valence-corrected chi connectivity index (χ1v) is 5.42. The molecule has 2 rings (SSSR count). The van der Waals surface area contributed by atoms with Crippen molar-refractivity contribution in [2.45, 2.75) is 6.42 Å². The average Bonchev–Trinajstić information content (AvgIpc) is 2.61. The molecule has 0 spiro atoms. The highest BCUT2D eigenvalue weighted by atomic mass is 16.2. The van der Waals surface area contributed by atoms with Gasteiger partial charge < -0.3 is 15.5 Å². The predicted octanol–water partition coefficient (Wildman–Crippen LogP) is 0.719. The molecule has 1 aliphatic heterocycles. The molecule has 1 aromatic rings. The molecule has 0 fully saturated rings. The van der Waals surface area contributed by atoms with E-state index in [0.29, 0.717) is 12.2 Å². The van der Waals surface area contributed by atoms with Crippen LogP contribution >= 0.6 is 0 Å². The molecule has 1 amide bonds. The summed E-state index contributed by atoms with van der Waals surface area (Å²) in [5, 5.41) is 0. The summed E-state index contributed by atoms with van der Waals surface area (Å²) in [5.74, 6) is 0.113. The molecular weight excluding hydrogens is 202 g/mol. The number of carbonyl (C=O) groups is 1. The van der Waals surface area contributed by atoms with Crippen LogP contribution in [-0.2, 0) is 11.2 Å². The van der Waals surface area contributed by atoms with Crippen LogP contribution in [0.5, 0.6) is 0 Å². The van der Waals surface area contributed by atoms with Crippen LogP contribution in [0.4, 0.5) is 11.4 Å². The largest absolute Gasteiger partial charge is 0.397 e. The highest BCUT2D eigenvalue weighted by Gasteiger charge is 2.26. The van der Waals surface area contributed by atoms with E-state index in [1.54, 1.807) is 4.90 Å². The van der Waals surface area contributed by atoms with Gasteiger partial charge in [-0.2, -0.15) is 0 Å². The van der Waals surface area contributed by atoms with Crippen molar-refractivity contribution in [2.24, 2.45) is 0 Å².